The van der Waals surface area contributed by atoms with Crippen LogP contribution in [0.5, 0.6) is 5.75 Å². The van der Waals surface area contributed by atoms with E-state index in [-0.39, 0.29) is 18.4 Å². The fourth-order valence-corrected chi connectivity index (χ4v) is 2.32. The first kappa shape index (κ1) is 12.5. The van der Waals surface area contributed by atoms with Crippen LogP contribution in [0.25, 0.3) is 0 Å². The Morgan fingerprint density at radius 1 is 1.33 bits per heavy atom. The van der Waals surface area contributed by atoms with E-state index in [1.54, 1.807) is 24.3 Å². The van der Waals surface area contributed by atoms with Crippen LogP contribution in [0.2, 0.25) is 0 Å². The zero-order valence-electron chi connectivity index (χ0n) is 9.46. The molecule has 0 spiro atoms. The summed E-state index contributed by atoms with van der Waals surface area (Å²) in [4.78, 5) is 24.6. The number of hydrogen-bond acceptors (Lipinski definition) is 5. The lowest BCUT2D eigenvalue weighted by Gasteiger charge is -2.24. The van der Waals surface area contributed by atoms with Crippen LogP contribution in [0.4, 0.5) is 5.69 Å². The lowest BCUT2D eigenvalue weighted by molar-refractivity contribution is -0.124. The highest BCUT2D eigenvalue weighted by molar-refractivity contribution is 8.00. The molecule has 0 unspecified atom stereocenters. The van der Waals surface area contributed by atoms with Gasteiger partial charge in [0.25, 0.3) is 0 Å². The monoisotopic (exact) mass is 262 g/mol. The molecule has 1 heterocycles. The van der Waals surface area contributed by atoms with Crippen molar-refractivity contribution in [3.8, 4) is 11.8 Å². The number of nitriles is 1. The molecule has 1 aliphatic rings. The van der Waals surface area contributed by atoms with Crippen LogP contribution in [-0.2, 0) is 9.59 Å². The van der Waals surface area contributed by atoms with E-state index < -0.39 is 0 Å². The summed E-state index contributed by atoms with van der Waals surface area (Å²) in [6, 6.07) is 8.48. The van der Waals surface area contributed by atoms with Gasteiger partial charge in [0, 0.05) is 6.07 Å². The molecule has 0 bridgehead atoms. The molecule has 1 aliphatic heterocycles. The van der Waals surface area contributed by atoms with E-state index in [9.17, 15) is 9.59 Å². The first-order valence-electron chi connectivity index (χ1n) is 5.25. The van der Waals surface area contributed by atoms with E-state index in [1.165, 1.54) is 11.8 Å². The molecule has 0 aromatic heterocycles. The van der Waals surface area contributed by atoms with Crippen molar-refractivity contribution < 1.29 is 14.3 Å². The van der Waals surface area contributed by atoms with E-state index in [4.69, 9.17) is 10.00 Å². The maximum atomic E-state index is 11.7. The van der Waals surface area contributed by atoms with Gasteiger partial charge in [-0.25, -0.2) is 4.90 Å². The molecule has 5 nitrogen and oxygen atoms in total. The molecule has 92 valence electrons. The number of anilines is 1. The maximum Gasteiger partial charge on any atom is 0.243 e. The van der Waals surface area contributed by atoms with Crippen LogP contribution in [0.3, 0.4) is 0 Å². The molecule has 0 aliphatic carbocycles. The third-order valence-electron chi connectivity index (χ3n) is 2.33. The first-order chi connectivity index (χ1) is 8.72. The van der Waals surface area contributed by atoms with E-state index in [2.05, 4.69) is 0 Å². The fraction of sp³-hybridized carbons (Fsp3) is 0.250. The predicted molar refractivity (Wildman–Crippen MR) is 67.4 cm³/mol. The average molecular weight is 262 g/mol. The molecule has 18 heavy (non-hydrogen) atoms. The Morgan fingerprint density at radius 2 is 2.06 bits per heavy atom. The molecular weight excluding hydrogens is 252 g/mol. The minimum Gasteiger partial charge on any atom is -0.479 e. The fourth-order valence-electron chi connectivity index (χ4n) is 1.61. The van der Waals surface area contributed by atoms with Gasteiger partial charge in [-0.05, 0) is 12.1 Å². The van der Waals surface area contributed by atoms with Gasteiger partial charge in [-0.1, -0.05) is 6.07 Å². The summed E-state index contributed by atoms with van der Waals surface area (Å²) in [6.45, 7) is -0.0683. The second kappa shape index (κ2) is 5.56. The molecule has 2 rings (SSSR count). The van der Waals surface area contributed by atoms with Gasteiger partial charge in [0.15, 0.2) is 6.61 Å². The van der Waals surface area contributed by atoms with Gasteiger partial charge in [0.2, 0.25) is 11.8 Å². The smallest absolute Gasteiger partial charge is 0.243 e. The topological polar surface area (TPSA) is 70.4 Å². The van der Waals surface area contributed by atoms with Gasteiger partial charge < -0.3 is 4.74 Å². The first-order valence-corrected chi connectivity index (χ1v) is 6.41. The summed E-state index contributed by atoms with van der Waals surface area (Å²) in [7, 11) is 0. The molecule has 0 radical (unpaired) electrons. The summed E-state index contributed by atoms with van der Waals surface area (Å²) >= 11 is 1.31. The largest absolute Gasteiger partial charge is 0.479 e. The van der Waals surface area contributed by atoms with Crippen LogP contribution in [0, 0.1) is 11.3 Å². The lowest BCUT2D eigenvalue weighted by atomic mass is 10.2. The molecule has 1 aromatic carbocycles. The van der Waals surface area contributed by atoms with E-state index >= 15 is 0 Å². The van der Waals surface area contributed by atoms with Crippen LogP contribution in [-0.4, -0.2) is 29.9 Å². The highest BCUT2D eigenvalue weighted by Crippen LogP contribution is 2.25. The van der Waals surface area contributed by atoms with Crippen LogP contribution >= 0.6 is 11.8 Å². The number of benzene rings is 1. The Kier molecular flexibility index (Phi) is 3.85. The van der Waals surface area contributed by atoms with Gasteiger partial charge >= 0.3 is 0 Å². The predicted octanol–water partition coefficient (Wildman–Crippen LogP) is 1.20. The second-order valence-corrected chi connectivity index (χ2v) is 4.55. The van der Waals surface area contributed by atoms with Gasteiger partial charge in [-0.15, -0.1) is 11.8 Å². The Balaban J connectivity index is 2.24. The van der Waals surface area contributed by atoms with E-state index in [0.717, 1.165) is 4.90 Å². The zero-order valence-corrected chi connectivity index (χ0v) is 10.3. The van der Waals surface area contributed by atoms with Crippen LogP contribution < -0.4 is 9.64 Å². The number of ether oxygens (including phenoxy) is 1. The number of amides is 2. The molecule has 2 amide bonds. The Bertz CT molecular complexity index is 508. The van der Waals surface area contributed by atoms with Gasteiger partial charge in [-0.3, -0.25) is 9.59 Å². The maximum absolute atomic E-state index is 11.7. The van der Waals surface area contributed by atoms with Crippen LogP contribution in [0.15, 0.2) is 24.3 Å². The number of rotatable bonds is 3. The molecule has 1 saturated heterocycles. The third-order valence-corrected chi connectivity index (χ3v) is 3.23. The summed E-state index contributed by atoms with van der Waals surface area (Å²) in [5.41, 5.74) is 0.487. The highest BCUT2D eigenvalue weighted by Gasteiger charge is 2.27. The third kappa shape index (κ3) is 2.63. The van der Waals surface area contributed by atoms with Crippen molar-refractivity contribution in [2.45, 2.75) is 0 Å². The summed E-state index contributed by atoms with van der Waals surface area (Å²) in [5, 5.41) is 8.43. The van der Waals surface area contributed by atoms with Crippen molar-refractivity contribution in [1.82, 2.24) is 0 Å². The molecule has 0 atom stereocenters. The lowest BCUT2D eigenvalue weighted by Crippen LogP contribution is -2.43. The van der Waals surface area contributed by atoms with E-state index in [0.29, 0.717) is 22.9 Å². The van der Waals surface area contributed by atoms with Crippen molar-refractivity contribution in [2.24, 2.45) is 0 Å². The van der Waals surface area contributed by atoms with Gasteiger partial charge in [-0.2, -0.15) is 5.26 Å². The number of carbonyl (C=O) groups is 2. The van der Waals surface area contributed by atoms with Crippen molar-refractivity contribution in [3.05, 3.63) is 24.3 Å². The van der Waals surface area contributed by atoms with Gasteiger partial charge in [0.1, 0.15) is 11.8 Å². The van der Waals surface area contributed by atoms with Gasteiger partial charge in [0.05, 0.1) is 17.2 Å². The normalized spacial score (nSPS) is 15.4. The van der Waals surface area contributed by atoms with Crippen LogP contribution in [0.1, 0.15) is 0 Å². The molecule has 6 heteroatoms. The van der Waals surface area contributed by atoms with Crippen molar-refractivity contribution >= 4 is 29.3 Å². The molecule has 0 N–H and O–H groups in total. The standard InChI is InChI=1S/C12H10N2O3S/c13-4-5-17-10-3-1-2-9(6-10)14-11(15)7-18-8-12(14)16/h1-3,6H,5,7-8H2. The Labute approximate surface area is 108 Å². The van der Waals surface area contributed by atoms with E-state index in [1.807, 2.05) is 6.07 Å². The Morgan fingerprint density at radius 3 is 2.72 bits per heavy atom. The number of nitrogens with zero attached hydrogens (tertiary/aromatic N) is 2. The number of thioether (sulfide) groups is 1. The molecule has 1 aromatic rings. The SMILES string of the molecule is N#CCOc1cccc(N2C(=O)CSCC2=O)c1. The summed E-state index contributed by atoms with van der Waals surface area (Å²) < 4.78 is 5.14. The van der Waals surface area contributed by atoms with Crippen molar-refractivity contribution in [2.75, 3.05) is 23.0 Å². The molecule has 1 fully saturated rings. The van der Waals surface area contributed by atoms with Crippen molar-refractivity contribution in [1.29, 1.82) is 5.26 Å². The molecule has 0 saturated carbocycles. The zero-order chi connectivity index (χ0) is 13.0. The molecular formula is C12H10N2O3S. The summed E-state index contributed by atoms with van der Waals surface area (Å²) in [5.74, 6) is 0.611. The number of hydrogen-bond donors (Lipinski definition) is 0. The summed E-state index contributed by atoms with van der Waals surface area (Å²) in [6.07, 6.45) is 0. The van der Waals surface area contributed by atoms with Crippen molar-refractivity contribution in [3.63, 3.8) is 0 Å². The Hall–Kier alpha value is -2.00. The number of imide groups is 1. The average Bonchev–Trinajstić information content (AvgIpc) is 2.37. The number of carbonyl (C=O) groups excluding carboxylic acids is 2. The second-order valence-electron chi connectivity index (χ2n) is 3.56. The minimum atomic E-state index is -0.228. The quantitative estimate of drug-likeness (QED) is 0.765. The highest BCUT2D eigenvalue weighted by atomic mass is 32.2. The minimum absolute atomic E-state index is 0.0683.